The summed E-state index contributed by atoms with van der Waals surface area (Å²) >= 11 is 5.12. The molecule has 0 bridgehead atoms. The number of rotatable bonds is 3. The van der Waals surface area contributed by atoms with Crippen LogP contribution in [0, 0.1) is 0 Å². The van der Waals surface area contributed by atoms with E-state index in [-0.39, 0.29) is 0 Å². The Morgan fingerprint density at radius 1 is 1.39 bits per heavy atom. The van der Waals surface area contributed by atoms with Gasteiger partial charge in [0.25, 0.3) is 0 Å². The fraction of sp³-hybridized carbons (Fsp3) is 0.231. The number of thiocarbonyl (C=S) groups is 1. The smallest absolute Gasteiger partial charge is 0.187 e. The second-order valence-electron chi connectivity index (χ2n) is 4.41. The number of nitrogens with zero attached hydrogens (tertiary/aromatic N) is 1. The third-order valence-electron chi connectivity index (χ3n) is 2.90. The SMILES string of the molecule is S=C(N/N=C/c1c[nH]c2ccccc12)NC1CC1. The van der Waals surface area contributed by atoms with Gasteiger partial charge in [0.15, 0.2) is 5.11 Å². The molecular weight excluding hydrogens is 244 g/mol. The van der Waals surface area contributed by atoms with E-state index in [2.05, 4.69) is 26.9 Å². The molecule has 1 aliphatic rings. The first-order valence-electron chi connectivity index (χ1n) is 5.98. The molecule has 4 nitrogen and oxygen atoms in total. The molecule has 1 aromatic carbocycles. The second kappa shape index (κ2) is 4.78. The zero-order valence-corrected chi connectivity index (χ0v) is 10.6. The van der Waals surface area contributed by atoms with Crippen LogP contribution in [0.15, 0.2) is 35.6 Å². The molecule has 0 atom stereocenters. The first-order chi connectivity index (χ1) is 8.83. The van der Waals surface area contributed by atoms with E-state index in [0.29, 0.717) is 11.2 Å². The van der Waals surface area contributed by atoms with E-state index in [4.69, 9.17) is 12.2 Å². The zero-order chi connectivity index (χ0) is 12.4. The highest BCUT2D eigenvalue weighted by molar-refractivity contribution is 7.80. The Morgan fingerprint density at radius 3 is 3.06 bits per heavy atom. The molecule has 3 rings (SSSR count). The van der Waals surface area contributed by atoms with Crippen LogP contribution in [0.25, 0.3) is 10.9 Å². The van der Waals surface area contributed by atoms with E-state index in [1.165, 1.54) is 12.8 Å². The van der Waals surface area contributed by atoms with E-state index in [9.17, 15) is 0 Å². The number of hydrogen-bond donors (Lipinski definition) is 3. The maximum atomic E-state index is 5.12. The molecule has 5 heteroatoms. The molecule has 1 saturated carbocycles. The highest BCUT2D eigenvalue weighted by atomic mass is 32.1. The molecular formula is C13H14N4S. The van der Waals surface area contributed by atoms with Crippen LogP contribution in [0.5, 0.6) is 0 Å². The van der Waals surface area contributed by atoms with Gasteiger partial charge in [0.1, 0.15) is 0 Å². The molecule has 1 aliphatic carbocycles. The summed E-state index contributed by atoms with van der Waals surface area (Å²) in [5.74, 6) is 0. The maximum Gasteiger partial charge on any atom is 0.187 e. The van der Waals surface area contributed by atoms with Crippen LogP contribution in [0.3, 0.4) is 0 Å². The molecule has 3 N–H and O–H groups in total. The Hall–Kier alpha value is -1.88. The minimum absolute atomic E-state index is 0.549. The van der Waals surface area contributed by atoms with Crippen molar-refractivity contribution in [3.05, 3.63) is 36.0 Å². The number of fused-ring (bicyclic) bond motifs is 1. The van der Waals surface area contributed by atoms with E-state index < -0.39 is 0 Å². The molecule has 0 amide bonds. The van der Waals surface area contributed by atoms with Gasteiger partial charge in [-0.05, 0) is 31.1 Å². The lowest BCUT2D eigenvalue weighted by molar-refractivity contribution is 0.863. The number of hydrogen-bond acceptors (Lipinski definition) is 2. The van der Waals surface area contributed by atoms with Crippen molar-refractivity contribution >= 4 is 34.4 Å². The molecule has 92 valence electrons. The average Bonchev–Trinajstić information content (AvgIpc) is 3.09. The Morgan fingerprint density at radius 2 is 2.22 bits per heavy atom. The molecule has 0 aliphatic heterocycles. The summed E-state index contributed by atoms with van der Waals surface area (Å²) in [5.41, 5.74) is 4.99. The summed E-state index contributed by atoms with van der Waals surface area (Å²) in [4.78, 5) is 3.20. The molecule has 0 saturated heterocycles. The van der Waals surface area contributed by atoms with Crippen LogP contribution in [-0.4, -0.2) is 22.4 Å². The third-order valence-corrected chi connectivity index (χ3v) is 3.11. The van der Waals surface area contributed by atoms with Gasteiger partial charge < -0.3 is 10.3 Å². The normalized spacial score (nSPS) is 15.1. The standard InChI is InChI=1S/C13H14N4S/c18-13(16-10-5-6-10)17-15-8-9-7-14-12-4-2-1-3-11(9)12/h1-4,7-8,10,14H,5-6H2,(H2,16,17,18)/b15-8+. The molecule has 2 aromatic rings. The molecule has 1 fully saturated rings. The molecule has 18 heavy (non-hydrogen) atoms. The second-order valence-corrected chi connectivity index (χ2v) is 4.82. The van der Waals surface area contributed by atoms with Crippen LogP contribution in [0.2, 0.25) is 0 Å². The van der Waals surface area contributed by atoms with E-state index in [1.807, 2.05) is 24.4 Å². The van der Waals surface area contributed by atoms with E-state index in [1.54, 1.807) is 6.21 Å². The number of para-hydroxylation sites is 1. The molecule has 0 radical (unpaired) electrons. The van der Waals surface area contributed by atoms with Crippen molar-refractivity contribution in [2.75, 3.05) is 0 Å². The highest BCUT2D eigenvalue weighted by Gasteiger charge is 2.21. The minimum Gasteiger partial charge on any atom is -0.361 e. The Kier molecular flexibility index (Phi) is 2.98. The van der Waals surface area contributed by atoms with Gasteiger partial charge in [0, 0.05) is 28.7 Å². The quantitative estimate of drug-likeness (QED) is 0.449. The number of aromatic amines is 1. The summed E-state index contributed by atoms with van der Waals surface area (Å²) in [7, 11) is 0. The summed E-state index contributed by atoms with van der Waals surface area (Å²) < 4.78 is 0. The third kappa shape index (κ3) is 2.51. The summed E-state index contributed by atoms with van der Waals surface area (Å²) in [6.07, 6.45) is 6.12. The minimum atomic E-state index is 0.549. The monoisotopic (exact) mass is 258 g/mol. The van der Waals surface area contributed by atoms with Gasteiger partial charge in [-0.1, -0.05) is 18.2 Å². The summed E-state index contributed by atoms with van der Waals surface area (Å²) in [6, 6.07) is 8.67. The van der Waals surface area contributed by atoms with Gasteiger partial charge >= 0.3 is 0 Å². The number of benzene rings is 1. The Labute approximate surface area is 110 Å². The Balaban J connectivity index is 1.66. The highest BCUT2D eigenvalue weighted by Crippen LogP contribution is 2.18. The Bertz CT molecular complexity index is 598. The molecule has 0 spiro atoms. The van der Waals surface area contributed by atoms with Gasteiger partial charge in [0.05, 0.1) is 6.21 Å². The topological polar surface area (TPSA) is 52.2 Å². The van der Waals surface area contributed by atoms with Crippen LogP contribution >= 0.6 is 12.2 Å². The van der Waals surface area contributed by atoms with Crippen molar-refractivity contribution in [3.8, 4) is 0 Å². The van der Waals surface area contributed by atoms with Crippen LogP contribution in [0.4, 0.5) is 0 Å². The van der Waals surface area contributed by atoms with Gasteiger partial charge in [-0.15, -0.1) is 0 Å². The molecule has 0 unspecified atom stereocenters. The number of H-pyrrole nitrogens is 1. The van der Waals surface area contributed by atoms with Crippen molar-refractivity contribution in [3.63, 3.8) is 0 Å². The van der Waals surface area contributed by atoms with E-state index >= 15 is 0 Å². The summed E-state index contributed by atoms with van der Waals surface area (Å²) in [5, 5.41) is 9.06. The van der Waals surface area contributed by atoms with Gasteiger partial charge in [-0.3, -0.25) is 5.43 Å². The van der Waals surface area contributed by atoms with Crippen molar-refractivity contribution in [1.29, 1.82) is 0 Å². The van der Waals surface area contributed by atoms with Crippen molar-refractivity contribution in [1.82, 2.24) is 15.7 Å². The lowest BCUT2D eigenvalue weighted by Gasteiger charge is -2.03. The van der Waals surface area contributed by atoms with Crippen LogP contribution < -0.4 is 10.7 Å². The fourth-order valence-electron chi connectivity index (χ4n) is 1.81. The fourth-order valence-corrected chi connectivity index (χ4v) is 2.03. The van der Waals surface area contributed by atoms with Gasteiger partial charge in [0.2, 0.25) is 0 Å². The number of hydrazone groups is 1. The lowest BCUT2D eigenvalue weighted by atomic mass is 10.2. The largest absolute Gasteiger partial charge is 0.361 e. The number of nitrogens with one attached hydrogen (secondary N) is 3. The summed E-state index contributed by atoms with van der Waals surface area (Å²) in [6.45, 7) is 0. The zero-order valence-electron chi connectivity index (χ0n) is 9.81. The van der Waals surface area contributed by atoms with Crippen LogP contribution in [-0.2, 0) is 0 Å². The van der Waals surface area contributed by atoms with Gasteiger partial charge in [-0.2, -0.15) is 5.10 Å². The van der Waals surface area contributed by atoms with Crippen molar-refractivity contribution < 1.29 is 0 Å². The average molecular weight is 258 g/mol. The maximum absolute atomic E-state index is 5.12. The van der Waals surface area contributed by atoms with Crippen LogP contribution in [0.1, 0.15) is 18.4 Å². The predicted molar refractivity (Wildman–Crippen MR) is 77.8 cm³/mol. The van der Waals surface area contributed by atoms with Crippen molar-refractivity contribution in [2.45, 2.75) is 18.9 Å². The molecule has 1 aromatic heterocycles. The lowest BCUT2D eigenvalue weighted by Crippen LogP contribution is -2.33. The van der Waals surface area contributed by atoms with Crippen molar-refractivity contribution in [2.24, 2.45) is 5.10 Å². The van der Waals surface area contributed by atoms with Gasteiger partial charge in [-0.25, -0.2) is 0 Å². The number of aromatic nitrogens is 1. The predicted octanol–water partition coefficient (Wildman–Crippen LogP) is 2.13. The first kappa shape index (κ1) is 11.2. The first-order valence-corrected chi connectivity index (χ1v) is 6.39. The molecule has 1 heterocycles. The van der Waals surface area contributed by atoms with E-state index in [0.717, 1.165) is 16.5 Å².